The van der Waals surface area contributed by atoms with Crippen molar-refractivity contribution in [3.63, 3.8) is 0 Å². The zero-order chi connectivity index (χ0) is 23.6. The van der Waals surface area contributed by atoms with Gasteiger partial charge in [-0.05, 0) is 57.7 Å². The Balaban J connectivity index is 1.69. The van der Waals surface area contributed by atoms with E-state index in [0.717, 1.165) is 38.7 Å². The Morgan fingerprint density at radius 2 is 1.97 bits per heavy atom. The predicted octanol–water partition coefficient (Wildman–Crippen LogP) is 4.05. The number of hydrogen-bond donors (Lipinski definition) is 1. The highest BCUT2D eigenvalue weighted by atomic mass is 19.4. The lowest BCUT2D eigenvalue weighted by Gasteiger charge is -2.18. The molecule has 3 aromatic rings. The molecule has 0 aliphatic carbocycles. The van der Waals surface area contributed by atoms with Gasteiger partial charge in [0.15, 0.2) is 5.69 Å². The van der Waals surface area contributed by atoms with E-state index in [0.29, 0.717) is 23.4 Å². The SMILES string of the molecule is CCOc1ccc(-c2cc3[nH]c(CN4CCCN(C)CC4)nc3c(C#N)n2)cc1C(F)(F)F. The molecule has 4 rings (SSSR count). The van der Waals surface area contributed by atoms with Gasteiger partial charge in [0, 0.05) is 18.7 Å². The second-order valence-corrected chi connectivity index (χ2v) is 8.12. The van der Waals surface area contributed by atoms with Crippen LogP contribution < -0.4 is 4.74 Å². The Kier molecular flexibility index (Phi) is 6.54. The van der Waals surface area contributed by atoms with Crippen molar-refractivity contribution < 1.29 is 17.9 Å². The van der Waals surface area contributed by atoms with Gasteiger partial charge in [0.05, 0.1) is 29.9 Å². The fourth-order valence-electron chi connectivity index (χ4n) is 4.03. The summed E-state index contributed by atoms with van der Waals surface area (Å²) < 4.78 is 45.8. The first-order valence-electron chi connectivity index (χ1n) is 10.8. The van der Waals surface area contributed by atoms with E-state index >= 15 is 0 Å². The molecule has 0 bridgehead atoms. The predicted molar refractivity (Wildman–Crippen MR) is 118 cm³/mol. The van der Waals surface area contributed by atoms with E-state index in [-0.39, 0.29) is 29.3 Å². The topological polar surface area (TPSA) is 81.1 Å². The van der Waals surface area contributed by atoms with Gasteiger partial charge < -0.3 is 14.6 Å². The number of nitriles is 1. The van der Waals surface area contributed by atoms with E-state index in [1.807, 2.05) is 6.07 Å². The monoisotopic (exact) mass is 458 g/mol. The highest BCUT2D eigenvalue weighted by molar-refractivity contribution is 5.84. The maximum absolute atomic E-state index is 13.6. The van der Waals surface area contributed by atoms with E-state index in [1.54, 1.807) is 13.0 Å². The van der Waals surface area contributed by atoms with Crippen LogP contribution in [0.2, 0.25) is 0 Å². The summed E-state index contributed by atoms with van der Waals surface area (Å²) >= 11 is 0. The summed E-state index contributed by atoms with van der Waals surface area (Å²) in [6.45, 7) is 6.22. The summed E-state index contributed by atoms with van der Waals surface area (Å²) in [6.07, 6.45) is -3.52. The standard InChI is InChI=1S/C23H25F3N6O/c1-3-33-20-6-5-15(11-16(20)23(24,25)26)17-12-18-22(19(13-27)28-17)30-21(29-18)14-32-8-4-7-31(2)9-10-32/h5-6,11-12H,3-4,7-10,14H2,1-2H3,(H,29,30). The number of pyridine rings is 1. The zero-order valence-electron chi connectivity index (χ0n) is 18.5. The van der Waals surface area contributed by atoms with Crippen LogP contribution in [0.5, 0.6) is 5.75 Å². The molecular weight excluding hydrogens is 433 g/mol. The molecule has 1 aliphatic heterocycles. The number of imidazole rings is 1. The molecule has 1 saturated heterocycles. The van der Waals surface area contributed by atoms with Crippen LogP contribution >= 0.6 is 0 Å². The second kappa shape index (κ2) is 9.37. The number of rotatable bonds is 5. The van der Waals surface area contributed by atoms with Crippen LogP contribution in [0.25, 0.3) is 22.3 Å². The van der Waals surface area contributed by atoms with E-state index in [4.69, 9.17) is 4.74 Å². The normalized spacial score (nSPS) is 16.0. The van der Waals surface area contributed by atoms with Crippen LogP contribution in [0.1, 0.15) is 30.4 Å². The van der Waals surface area contributed by atoms with Crippen LogP contribution in [-0.4, -0.2) is 64.6 Å². The number of hydrogen-bond acceptors (Lipinski definition) is 6. The van der Waals surface area contributed by atoms with Gasteiger partial charge in [0.2, 0.25) is 0 Å². The molecule has 1 fully saturated rings. The first kappa shape index (κ1) is 23.0. The smallest absolute Gasteiger partial charge is 0.419 e. The molecule has 1 N–H and O–H groups in total. The lowest BCUT2D eigenvalue weighted by atomic mass is 10.1. The molecule has 0 saturated carbocycles. The highest BCUT2D eigenvalue weighted by Crippen LogP contribution is 2.39. The Hall–Kier alpha value is -3.16. The maximum atomic E-state index is 13.6. The first-order chi connectivity index (χ1) is 15.8. The molecule has 0 spiro atoms. The molecule has 0 atom stereocenters. The highest BCUT2D eigenvalue weighted by Gasteiger charge is 2.35. The minimum absolute atomic E-state index is 0.0723. The fourth-order valence-corrected chi connectivity index (χ4v) is 4.03. The number of aromatic nitrogens is 3. The molecule has 3 heterocycles. The summed E-state index contributed by atoms with van der Waals surface area (Å²) in [6, 6.07) is 7.47. The summed E-state index contributed by atoms with van der Waals surface area (Å²) in [4.78, 5) is 16.7. The van der Waals surface area contributed by atoms with Gasteiger partial charge in [-0.3, -0.25) is 4.90 Å². The minimum atomic E-state index is -4.58. The molecule has 0 unspecified atom stereocenters. The molecule has 33 heavy (non-hydrogen) atoms. The molecule has 1 aromatic carbocycles. The van der Waals surface area contributed by atoms with Crippen molar-refractivity contribution in [3.8, 4) is 23.1 Å². The molecule has 1 aliphatic rings. The van der Waals surface area contributed by atoms with E-state index in [1.165, 1.54) is 12.1 Å². The molecular formula is C23H25F3N6O. The molecule has 10 heteroatoms. The average Bonchev–Trinajstić information content (AvgIpc) is 3.07. The largest absolute Gasteiger partial charge is 0.493 e. The number of ether oxygens (including phenoxy) is 1. The Bertz CT molecular complexity index is 1180. The van der Waals surface area contributed by atoms with Crippen molar-refractivity contribution in [2.24, 2.45) is 0 Å². The number of fused-ring (bicyclic) bond motifs is 1. The summed E-state index contributed by atoms with van der Waals surface area (Å²) in [5.41, 5.74) is 0.697. The number of aromatic amines is 1. The second-order valence-electron chi connectivity index (χ2n) is 8.12. The Morgan fingerprint density at radius 1 is 1.15 bits per heavy atom. The number of H-pyrrole nitrogens is 1. The van der Waals surface area contributed by atoms with Gasteiger partial charge >= 0.3 is 6.18 Å². The fraction of sp³-hybridized carbons (Fsp3) is 0.435. The third-order valence-electron chi connectivity index (χ3n) is 5.69. The van der Waals surface area contributed by atoms with Crippen LogP contribution in [0.3, 0.4) is 0 Å². The first-order valence-corrected chi connectivity index (χ1v) is 10.8. The summed E-state index contributed by atoms with van der Waals surface area (Å²) in [5, 5.41) is 9.62. The van der Waals surface area contributed by atoms with Gasteiger partial charge in [-0.1, -0.05) is 0 Å². The van der Waals surface area contributed by atoms with Crippen molar-refractivity contribution in [3.05, 3.63) is 41.3 Å². The van der Waals surface area contributed by atoms with Crippen LogP contribution in [-0.2, 0) is 12.7 Å². The van der Waals surface area contributed by atoms with Crippen LogP contribution in [0.15, 0.2) is 24.3 Å². The van der Waals surface area contributed by atoms with Gasteiger partial charge in [-0.2, -0.15) is 18.4 Å². The zero-order valence-corrected chi connectivity index (χ0v) is 18.5. The van der Waals surface area contributed by atoms with Gasteiger partial charge in [-0.15, -0.1) is 0 Å². The third kappa shape index (κ3) is 5.10. The lowest BCUT2D eigenvalue weighted by molar-refractivity contribution is -0.138. The average molecular weight is 458 g/mol. The third-order valence-corrected chi connectivity index (χ3v) is 5.69. The Morgan fingerprint density at radius 3 is 2.70 bits per heavy atom. The van der Waals surface area contributed by atoms with Crippen LogP contribution in [0, 0.1) is 11.3 Å². The minimum Gasteiger partial charge on any atom is -0.493 e. The number of likely N-dealkylation sites (N-methyl/N-ethyl adjacent to an activating group) is 1. The van der Waals surface area contributed by atoms with Crippen LogP contribution in [0.4, 0.5) is 13.2 Å². The van der Waals surface area contributed by atoms with E-state index in [2.05, 4.69) is 31.8 Å². The molecule has 174 valence electrons. The van der Waals surface area contributed by atoms with Gasteiger partial charge in [0.25, 0.3) is 0 Å². The number of alkyl halides is 3. The van der Waals surface area contributed by atoms with E-state index < -0.39 is 11.7 Å². The Labute approximate surface area is 189 Å². The van der Waals surface area contributed by atoms with Crippen molar-refractivity contribution in [2.45, 2.75) is 26.1 Å². The van der Waals surface area contributed by atoms with E-state index in [9.17, 15) is 18.4 Å². The van der Waals surface area contributed by atoms with Gasteiger partial charge in [0.1, 0.15) is 23.2 Å². The molecule has 0 radical (unpaired) electrons. The number of benzene rings is 1. The maximum Gasteiger partial charge on any atom is 0.419 e. The lowest BCUT2D eigenvalue weighted by Crippen LogP contribution is -2.28. The van der Waals surface area contributed by atoms with Crippen molar-refractivity contribution in [2.75, 3.05) is 39.8 Å². The molecule has 7 nitrogen and oxygen atoms in total. The number of nitrogens with zero attached hydrogens (tertiary/aromatic N) is 5. The summed E-state index contributed by atoms with van der Waals surface area (Å²) in [7, 11) is 2.10. The van der Waals surface area contributed by atoms with Gasteiger partial charge in [-0.25, -0.2) is 9.97 Å². The van der Waals surface area contributed by atoms with Crippen molar-refractivity contribution in [1.29, 1.82) is 5.26 Å². The number of halogens is 3. The number of nitrogens with one attached hydrogen (secondary N) is 1. The molecule has 0 amide bonds. The van der Waals surface area contributed by atoms with Crippen molar-refractivity contribution >= 4 is 11.0 Å². The summed E-state index contributed by atoms with van der Waals surface area (Å²) in [5.74, 6) is 0.468. The quantitative estimate of drug-likeness (QED) is 0.621. The van der Waals surface area contributed by atoms with Crippen molar-refractivity contribution in [1.82, 2.24) is 24.8 Å². The molecule has 2 aromatic heterocycles.